The molecule has 0 aliphatic carbocycles. The topological polar surface area (TPSA) is 47.2 Å². The number of carbonyl (C=O) groups excluding carboxylic acids is 1. The maximum Gasteiger partial charge on any atom is 0.272 e. The molecule has 4 rings (SSSR count). The van der Waals surface area contributed by atoms with E-state index < -0.39 is 11.6 Å². The summed E-state index contributed by atoms with van der Waals surface area (Å²) in [7, 11) is 0. The highest BCUT2D eigenvalue weighted by atomic mass is 19.1. The summed E-state index contributed by atoms with van der Waals surface area (Å²) < 4.78 is 34.3. The van der Waals surface area contributed by atoms with Gasteiger partial charge in [-0.25, -0.2) is 8.78 Å². The maximum absolute atomic E-state index is 14.1. The van der Waals surface area contributed by atoms with E-state index in [1.807, 2.05) is 31.2 Å². The van der Waals surface area contributed by atoms with Gasteiger partial charge in [0.25, 0.3) is 5.91 Å². The van der Waals surface area contributed by atoms with E-state index in [0.717, 1.165) is 11.6 Å². The van der Waals surface area contributed by atoms with E-state index in [4.69, 9.17) is 4.42 Å². The summed E-state index contributed by atoms with van der Waals surface area (Å²) in [4.78, 5) is 12.8. The van der Waals surface area contributed by atoms with Crippen molar-refractivity contribution < 1.29 is 18.0 Å². The van der Waals surface area contributed by atoms with Crippen molar-refractivity contribution in [1.82, 2.24) is 4.57 Å². The first-order valence-corrected chi connectivity index (χ1v) is 8.40. The molecule has 4 nitrogen and oxygen atoms in total. The van der Waals surface area contributed by atoms with Crippen molar-refractivity contribution in [2.24, 2.45) is 0 Å². The van der Waals surface area contributed by atoms with Crippen LogP contribution in [0.25, 0.3) is 11.1 Å². The Balaban J connectivity index is 1.70. The van der Waals surface area contributed by atoms with Crippen LogP contribution < -0.4 is 5.32 Å². The van der Waals surface area contributed by atoms with Crippen LogP contribution in [-0.2, 0) is 6.54 Å². The van der Waals surface area contributed by atoms with Gasteiger partial charge in [-0.15, -0.1) is 0 Å². The first kappa shape index (κ1) is 17.0. The molecule has 0 atom stereocenters. The minimum atomic E-state index is -0.662. The Morgan fingerprint density at radius 2 is 1.85 bits per heavy atom. The Morgan fingerprint density at radius 1 is 1.07 bits per heavy atom. The van der Waals surface area contributed by atoms with Crippen LogP contribution in [0.3, 0.4) is 0 Å². The zero-order valence-electron chi connectivity index (χ0n) is 14.5. The van der Waals surface area contributed by atoms with Crippen molar-refractivity contribution in [2.45, 2.75) is 13.5 Å². The van der Waals surface area contributed by atoms with Gasteiger partial charge in [-0.05, 0) is 25.1 Å². The smallest absolute Gasteiger partial charge is 0.272 e. The molecule has 2 heterocycles. The summed E-state index contributed by atoms with van der Waals surface area (Å²) in [5, 5.41) is 2.83. The molecule has 6 heteroatoms. The van der Waals surface area contributed by atoms with Gasteiger partial charge in [0.1, 0.15) is 17.3 Å². The van der Waals surface area contributed by atoms with Crippen molar-refractivity contribution in [3.8, 4) is 0 Å². The number of fused-ring (bicyclic) bond motifs is 1. The first-order valence-electron chi connectivity index (χ1n) is 8.40. The lowest BCUT2D eigenvalue weighted by Crippen LogP contribution is -2.17. The van der Waals surface area contributed by atoms with Gasteiger partial charge in [0, 0.05) is 29.4 Å². The molecule has 4 aromatic rings. The Bertz CT molecular complexity index is 1130. The number of hydrogen-bond acceptors (Lipinski definition) is 2. The Hall–Kier alpha value is -3.41. The fourth-order valence-corrected chi connectivity index (χ4v) is 2.99. The predicted molar refractivity (Wildman–Crippen MR) is 98.8 cm³/mol. The second-order valence-electron chi connectivity index (χ2n) is 6.34. The second kappa shape index (κ2) is 6.72. The molecule has 1 amide bonds. The van der Waals surface area contributed by atoms with Crippen molar-refractivity contribution in [3.63, 3.8) is 0 Å². The molecular formula is C21H16F2N2O2. The monoisotopic (exact) mass is 366 g/mol. The molecule has 0 aliphatic heterocycles. The summed E-state index contributed by atoms with van der Waals surface area (Å²) in [6.45, 7) is 2.04. The van der Waals surface area contributed by atoms with Gasteiger partial charge in [-0.2, -0.15) is 0 Å². The molecule has 0 saturated carbocycles. The fourth-order valence-electron chi connectivity index (χ4n) is 2.99. The number of anilines is 1. The van der Waals surface area contributed by atoms with Gasteiger partial charge < -0.3 is 14.3 Å². The highest BCUT2D eigenvalue weighted by molar-refractivity contribution is 6.05. The van der Waals surface area contributed by atoms with Gasteiger partial charge in [0.05, 0.1) is 18.3 Å². The number of rotatable bonds is 4. The van der Waals surface area contributed by atoms with Gasteiger partial charge in [0.15, 0.2) is 5.58 Å². The largest absolute Gasteiger partial charge is 0.463 e. The third-order valence-corrected chi connectivity index (χ3v) is 4.41. The average molecular weight is 366 g/mol. The Morgan fingerprint density at radius 3 is 2.59 bits per heavy atom. The lowest BCUT2D eigenvalue weighted by molar-refractivity contribution is 0.101. The van der Waals surface area contributed by atoms with Crippen LogP contribution in [0.15, 0.2) is 65.3 Å². The molecule has 0 bridgehead atoms. The lowest BCUT2D eigenvalue weighted by Gasteiger charge is -2.11. The SMILES string of the molecule is Cc1ccc(NC(=O)c2cc3occc3n2Cc2ccc(F)cc2F)cc1. The molecule has 0 fully saturated rings. The third-order valence-electron chi connectivity index (χ3n) is 4.41. The lowest BCUT2D eigenvalue weighted by atomic mass is 10.2. The molecule has 0 saturated heterocycles. The van der Waals surface area contributed by atoms with Crippen LogP contribution in [0.2, 0.25) is 0 Å². The molecule has 0 radical (unpaired) electrons. The summed E-state index contributed by atoms with van der Waals surface area (Å²) in [5.41, 5.74) is 3.52. The van der Waals surface area contributed by atoms with E-state index in [0.29, 0.717) is 22.5 Å². The molecular weight excluding hydrogens is 350 g/mol. The average Bonchev–Trinajstić information content (AvgIpc) is 3.21. The number of amides is 1. The van der Waals surface area contributed by atoms with Crippen LogP contribution >= 0.6 is 0 Å². The summed E-state index contributed by atoms with van der Waals surface area (Å²) in [6.07, 6.45) is 1.50. The number of benzene rings is 2. The number of nitrogens with zero attached hydrogens (tertiary/aromatic N) is 1. The van der Waals surface area contributed by atoms with Crippen molar-refractivity contribution >= 4 is 22.7 Å². The third kappa shape index (κ3) is 3.33. The van der Waals surface area contributed by atoms with Crippen molar-refractivity contribution in [1.29, 1.82) is 0 Å². The minimum absolute atomic E-state index is 0.0752. The molecule has 27 heavy (non-hydrogen) atoms. The molecule has 0 spiro atoms. The second-order valence-corrected chi connectivity index (χ2v) is 6.34. The number of carbonyl (C=O) groups is 1. The Labute approximate surface area is 154 Å². The zero-order chi connectivity index (χ0) is 19.0. The molecule has 2 aromatic carbocycles. The number of aromatic nitrogens is 1. The highest BCUT2D eigenvalue weighted by Gasteiger charge is 2.19. The normalized spacial score (nSPS) is 11.1. The highest BCUT2D eigenvalue weighted by Crippen LogP contribution is 2.24. The van der Waals surface area contributed by atoms with Gasteiger partial charge in [-0.1, -0.05) is 23.8 Å². The molecule has 0 aliphatic rings. The number of nitrogens with one attached hydrogen (secondary N) is 1. The van der Waals surface area contributed by atoms with Crippen LogP contribution in [0.5, 0.6) is 0 Å². The molecule has 2 aromatic heterocycles. The van der Waals surface area contributed by atoms with Crippen LogP contribution in [0.1, 0.15) is 21.6 Å². The van der Waals surface area contributed by atoms with Crippen LogP contribution in [-0.4, -0.2) is 10.5 Å². The predicted octanol–water partition coefficient (Wildman–Crippen LogP) is 5.12. The van der Waals surface area contributed by atoms with Crippen molar-refractivity contribution in [3.05, 3.63) is 89.3 Å². The number of furan rings is 1. The summed E-state index contributed by atoms with van der Waals surface area (Å²) in [6, 6.07) is 14.1. The minimum Gasteiger partial charge on any atom is -0.463 e. The van der Waals surface area contributed by atoms with E-state index in [9.17, 15) is 13.6 Å². The van der Waals surface area contributed by atoms with Crippen LogP contribution in [0, 0.1) is 18.6 Å². The van der Waals surface area contributed by atoms with E-state index in [2.05, 4.69) is 5.32 Å². The van der Waals surface area contributed by atoms with Crippen molar-refractivity contribution in [2.75, 3.05) is 5.32 Å². The zero-order valence-corrected chi connectivity index (χ0v) is 14.5. The quantitative estimate of drug-likeness (QED) is 0.545. The number of aryl methyl sites for hydroxylation is 1. The number of hydrogen-bond donors (Lipinski definition) is 1. The molecule has 1 N–H and O–H groups in total. The maximum atomic E-state index is 14.1. The molecule has 136 valence electrons. The molecule has 0 unspecified atom stereocenters. The Kier molecular flexibility index (Phi) is 4.24. The summed E-state index contributed by atoms with van der Waals surface area (Å²) in [5.74, 6) is -1.65. The van der Waals surface area contributed by atoms with E-state index in [1.165, 1.54) is 18.4 Å². The van der Waals surface area contributed by atoms with Crippen LogP contribution in [0.4, 0.5) is 14.5 Å². The van der Waals surface area contributed by atoms with E-state index in [-0.39, 0.29) is 18.0 Å². The first-order chi connectivity index (χ1) is 13.0. The van der Waals surface area contributed by atoms with Gasteiger partial charge in [0.2, 0.25) is 0 Å². The fraction of sp³-hybridized carbons (Fsp3) is 0.0952. The van der Waals surface area contributed by atoms with Gasteiger partial charge in [-0.3, -0.25) is 4.79 Å². The number of halogens is 2. The van der Waals surface area contributed by atoms with E-state index >= 15 is 0 Å². The van der Waals surface area contributed by atoms with Gasteiger partial charge >= 0.3 is 0 Å². The standard InChI is InChI=1S/C21H16F2N2O2/c1-13-2-6-16(7-3-13)24-21(26)19-11-20-18(8-9-27-20)25(19)12-14-4-5-15(22)10-17(14)23/h2-11H,12H2,1H3,(H,24,26). The van der Waals surface area contributed by atoms with E-state index in [1.54, 1.807) is 16.7 Å². The summed E-state index contributed by atoms with van der Waals surface area (Å²) >= 11 is 0.